The van der Waals surface area contributed by atoms with E-state index in [2.05, 4.69) is 34.6 Å². The third kappa shape index (κ3) is 11.9. The first kappa shape index (κ1) is 24.3. The molecule has 0 aromatic heterocycles. The molecule has 0 aliphatic heterocycles. The van der Waals surface area contributed by atoms with Crippen molar-refractivity contribution in [2.45, 2.75) is 82.6 Å². The lowest BCUT2D eigenvalue weighted by molar-refractivity contribution is 0.315. The van der Waals surface area contributed by atoms with Crippen LogP contribution in [0.4, 0.5) is 0 Å². The highest BCUT2D eigenvalue weighted by molar-refractivity contribution is 4.63. The fourth-order valence-corrected chi connectivity index (χ4v) is 1.71. The van der Waals surface area contributed by atoms with Gasteiger partial charge in [-0.2, -0.15) is 0 Å². The van der Waals surface area contributed by atoms with Crippen molar-refractivity contribution < 1.29 is 0 Å². The Bertz CT molecular complexity index is 94.2. The summed E-state index contributed by atoms with van der Waals surface area (Å²) in [5.74, 6) is 2.76. The van der Waals surface area contributed by atoms with Crippen LogP contribution in [0.3, 0.4) is 0 Å². The van der Waals surface area contributed by atoms with Crippen LogP contribution >= 0.6 is 0 Å². The second kappa shape index (κ2) is 14.0. The maximum Gasteiger partial charge on any atom is -0.0394 e. The van der Waals surface area contributed by atoms with Crippen LogP contribution in [0, 0.1) is 17.8 Å². The molecule has 0 spiro atoms. The standard InChI is InChI=1S/C12H26.3CH4/c1-6-11(5)8-9-12(7-2)10(3)4;;;/h10-12H,6-9H2,1-5H3;3*1H4. The first-order chi connectivity index (χ1) is 5.61. The third-order valence-electron chi connectivity index (χ3n) is 3.19. The van der Waals surface area contributed by atoms with Gasteiger partial charge >= 0.3 is 0 Å². The quantitative estimate of drug-likeness (QED) is 0.483. The van der Waals surface area contributed by atoms with E-state index in [9.17, 15) is 0 Å². The van der Waals surface area contributed by atoms with Gasteiger partial charge in [0, 0.05) is 0 Å². The van der Waals surface area contributed by atoms with Crippen LogP contribution in [0.2, 0.25) is 0 Å². The lowest BCUT2D eigenvalue weighted by atomic mass is 9.86. The molecule has 0 nitrogen and oxygen atoms in total. The SMILES string of the molecule is C.C.C.CCC(C)CCC(CC)C(C)C. The van der Waals surface area contributed by atoms with Crippen LogP contribution < -0.4 is 0 Å². The molecule has 0 aromatic carbocycles. The zero-order chi connectivity index (χ0) is 9.56. The molecule has 0 rings (SSSR count). The summed E-state index contributed by atoms with van der Waals surface area (Å²) in [4.78, 5) is 0. The molecule has 0 N–H and O–H groups in total. The van der Waals surface area contributed by atoms with Gasteiger partial charge < -0.3 is 0 Å². The number of hydrogen-bond donors (Lipinski definition) is 0. The fraction of sp³-hybridized carbons (Fsp3) is 1.00. The predicted molar refractivity (Wildman–Crippen MR) is 77.5 cm³/mol. The van der Waals surface area contributed by atoms with Crippen molar-refractivity contribution in [3.05, 3.63) is 0 Å². The van der Waals surface area contributed by atoms with Crippen LogP contribution in [0.5, 0.6) is 0 Å². The van der Waals surface area contributed by atoms with E-state index in [1.165, 1.54) is 25.7 Å². The molecule has 0 aliphatic rings. The van der Waals surface area contributed by atoms with Gasteiger partial charge in [-0.15, -0.1) is 0 Å². The predicted octanol–water partition coefficient (Wildman–Crippen LogP) is 6.40. The highest BCUT2D eigenvalue weighted by Crippen LogP contribution is 2.23. The Hall–Kier alpha value is 0. The molecule has 2 unspecified atom stereocenters. The summed E-state index contributed by atoms with van der Waals surface area (Å²) >= 11 is 0. The van der Waals surface area contributed by atoms with Crippen molar-refractivity contribution in [1.82, 2.24) is 0 Å². The Kier molecular flexibility index (Phi) is 22.7. The summed E-state index contributed by atoms with van der Waals surface area (Å²) in [5.41, 5.74) is 0. The second-order valence-electron chi connectivity index (χ2n) is 4.50. The summed E-state index contributed by atoms with van der Waals surface area (Å²) in [6, 6.07) is 0. The topological polar surface area (TPSA) is 0 Å². The number of rotatable bonds is 6. The zero-order valence-corrected chi connectivity index (χ0v) is 9.56. The van der Waals surface area contributed by atoms with Crippen LogP contribution in [0.15, 0.2) is 0 Å². The van der Waals surface area contributed by atoms with Crippen molar-refractivity contribution in [2.24, 2.45) is 17.8 Å². The normalized spacial score (nSPS) is 13.2. The van der Waals surface area contributed by atoms with Crippen molar-refractivity contribution in [3.63, 3.8) is 0 Å². The molecule has 0 heteroatoms. The summed E-state index contributed by atoms with van der Waals surface area (Å²) < 4.78 is 0. The molecular formula is C15H38. The Balaban J connectivity index is -0.000000202. The van der Waals surface area contributed by atoms with Gasteiger partial charge in [-0.3, -0.25) is 0 Å². The molecule has 0 amide bonds. The van der Waals surface area contributed by atoms with E-state index in [1.54, 1.807) is 0 Å². The molecule has 0 aromatic rings. The first-order valence-electron chi connectivity index (χ1n) is 5.61. The van der Waals surface area contributed by atoms with E-state index >= 15 is 0 Å². The Morgan fingerprint density at radius 3 is 1.47 bits per heavy atom. The van der Waals surface area contributed by atoms with E-state index in [4.69, 9.17) is 0 Å². The number of hydrogen-bond acceptors (Lipinski definition) is 0. The van der Waals surface area contributed by atoms with Gasteiger partial charge in [-0.1, -0.05) is 76.2 Å². The van der Waals surface area contributed by atoms with Crippen LogP contribution in [-0.4, -0.2) is 0 Å². The largest absolute Gasteiger partial charge is 0.0776 e. The van der Waals surface area contributed by atoms with Gasteiger partial charge in [0.25, 0.3) is 0 Å². The molecule has 98 valence electrons. The van der Waals surface area contributed by atoms with E-state index in [-0.39, 0.29) is 22.3 Å². The summed E-state index contributed by atoms with van der Waals surface area (Å²) in [6.07, 6.45) is 5.55. The van der Waals surface area contributed by atoms with Gasteiger partial charge in [0.15, 0.2) is 0 Å². The summed E-state index contributed by atoms with van der Waals surface area (Å²) in [7, 11) is 0. The zero-order valence-electron chi connectivity index (χ0n) is 9.56. The van der Waals surface area contributed by atoms with E-state index in [0.717, 1.165) is 17.8 Å². The minimum absolute atomic E-state index is 0. The molecule has 15 heavy (non-hydrogen) atoms. The molecule has 2 atom stereocenters. The maximum atomic E-state index is 2.37. The Morgan fingerprint density at radius 1 is 0.733 bits per heavy atom. The van der Waals surface area contributed by atoms with Crippen LogP contribution in [-0.2, 0) is 0 Å². The Morgan fingerprint density at radius 2 is 1.20 bits per heavy atom. The molecule has 0 heterocycles. The molecular weight excluding hydrogens is 180 g/mol. The van der Waals surface area contributed by atoms with Gasteiger partial charge in [0.2, 0.25) is 0 Å². The summed E-state index contributed by atoms with van der Waals surface area (Å²) in [6.45, 7) is 11.7. The molecule has 0 aliphatic carbocycles. The van der Waals surface area contributed by atoms with Crippen molar-refractivity contribution in [3.8, 4) is 0 Å². The minimum atomic E-state index is 0. The van der Waals surface area contributed by atoms with Gasteiger partial charge in [0.1, 0.15) is 0 Å². The lowest BCUT2D eigenvalue weighted by Gasteiger charge is -2.20. The maximum absolute atomic E-state index is 2.37. The third-order valence-corrected chi connectivity index (χ3v) is 3.19. The van der Waals surface area contributed by atoms with Crippen LogP contribution in [0.25, 0.3) is 0 Å². The Labute approximate surface area is 101 Å². The van der Waals surface area contributed by atoms with E-state index in [0.29, 0.717) is 0 Å². The molecule has 0 fully saturated rings. The van der Waals surface area contributed by atoms with Crippen molar-refractivity contribution in [1.29, 1.82) is 0 Å². The molecule has 0 bridgehead atoms. The fourth-order valence-electron chi connectivity index (χ4n) is 1.71. The van der Waals surface area contributed by atoms with Gasteiger partial charge in [0.05, 0.1) is 0 Å². The van der Waals surface area contributed by atoms with Crippen LogP contribution in [0.1, 0.15) is 82.6 Å². The lowest BCUT2D eigenvalue weighted by Crippen LogP contribution is -2.08. The minimum Gasteiger partial charge on any atom is -0.0776 e. The smallest absolute Gasteiger partial charge is 0.0394 e. The highest BCUT2D eigenvalue weighted by atomic mass is 14.2. The first-order valence-corrected chi connectivity index (χ1v) is 5.61. The summed E-state index contributed by atoms with van der Waals surface area (Å²) in [5, 5.41) is 0. The molecule has 0 saturated heterocycles. The van der Waals surface area contributed by atoms with E-state index < -0.39 is 0 Å². The monoisotopic (exact) mass is 218 g/mol. The van der Waals surface area contributed by atoms with Gasteiger partial charge in [-0.05, 0) is 24.2 Å². The van der Waals surface area contributed by atoms with E-state index in [1.807, 2.05) is 0 Å². The van der Waals surface area contributed by atoms with Gasteiger partial charge in [-0.25, -0.2) is 0 Å². The van der Waals surface area contributed by atoms with Crippen molar-refractivity contribution in [2.75, 3.05) is 0 Å². The molecule has 0 radical (unpaired) electrons. The molecule has 0 saturated carbocycles. The second-order valence-corrected chi connectivity index (χ2v) is 4.50. The van der Waals surface area contributed by atoms with Crippen molar-refractivity contribution >= 4 is 0 Å². The highest BCUT2D eigenvalue weighted by Gasteiger charge is 2.11. The average Bonchev–Trinajstić information content (AvgIpc) is 2.04. The average molecular weight is 218 g/mol.